The quantitative estimate of drug-likeness (QED) is 0.719. The average Bonchev–Trinajstić information content (AvgIpc) is 2.76. The van der Waals surface area contributed by atoms with Crippen LogP contribution in [0.25, 0.3) is 0 Å². The van der Waals surface area contributed by atoms with Gasteiger partial charge in [0.25, 0.3) is 5.91 Å². The molecule has 0 aliphatic heterocycles. The van der Waals surface area contributed by atoms with Crippen molar-refractivity contribution < 1.29 is 4.79 Å². The van der Waals surface area contributed by atoms with Crippen LogP contribution in [0.1, 0.15) is 49.6 Å². The van der Waals surface area contributed by atoms with Gasteiger partial charge in [0.1, 0.15) is 5.69 Å². The van der Waals surface area contributed by atoms with Crippen LogP contribution < -0.4 is 5.32 Å². The molecule has 0 unspecified atom stereocenters. The number of hydrogen-bond acceptors (Lipinski definition) is 2. The maximum atomic E-state index is 12.1. The molecular formula is C14H23BrN2OS. The highest BCUT2D eigenvalue weighted by Crippen LogP contribution is 2.19. The first-order valence-corrected chi connectivity index (χ1v) is 8.89. The van der Waals surface area contributed by atoms with Crippen molar-refractivity contribution in [2.75, 3.05) is 18.6 Å². The fourth-order valence-corrected chi connectivity index (χ4v) is 2.83. The van der Waals surface area contributed by atoms with Gasteiger partial charge in [-0.15, -0.1) is 0 Å². The minimum Gasteiger partial charge on any atom is -0.351 e. The zero-order valence-electron chi connectivity index (χ0n) is 11.9. The van der Waals surface area contributed by atoms with Crippen molar-refractivity contribution in [2.24, 2.45) is 0 Å². The zero-order chi connectivity index (χ0) is 14.3. The van der Waals surface area contributed by atoms with Crippen LogP contribution in [0.2, 0.25) is 0 Å². The largest absolute Gasteiger partial charge is 0.351 e. The summed E-state index contributed by atoms with van der Waals surface area (Å²) < 4.78 is 2.94. The second-order valence-corrected chi connectivity index (χ2v) is 6.76. The number of nitrogens with zero attached hydrogens (tertiary/aromatic N) is 1. The molecular weight excluding hydrogens is 324 g/mol. The van der Waals surface area contributed by atoms with Crippen LogP contribution in [-0.2, 0) is 0 Å². The summed E-state index contributed by atoms with van der Waals surface area (Å²) in [7, 11) is 0. The van der Waals surface area contributed by atoms with E-state index in [-0.39, 0.29) is 11.9 Å². The van der Waals surface area contributed by atoms with E-state index >= 15 is 0 Å². The van der Waals surface area contributed by atoms with Crippen molar-refractivity contribution in [3.8, 4) is 0 Å². The molecule has 0 aromatic carbocycles. The second-order valence-electron chi connectivity index (χ2n) is 4.85. The van der Waals surface area contributed by atoms with Crippen LogP contribution in [0, 0.1) is 0 Å². The van der Waals surface area contributed by atoms with Gasteiger partial charge in [0.05, 0.1) is 0 Å². The van der Waals surface area contributed by atoms with Crippen molar-refractivity contribution in [3.63, 3.8) is 0 Å². The fourth-order valence-electron chi connectivity index (χ4n) is 1.90. The first kappa shape index (κ1) is 16.6. The van der Waals surface area contributed by atoms with Crippen molar-refractivity contribution >= 4 is 33.6 Å². The maximum absolute atomic E-state index is 12.1. The lowest BCUT2D eigenvalue weighted by molar-refractivity contribution is 0.0942. The number of rotatable bonds is 8. The van der Waals surface area contributed by atoms with Crippen LogP contribution in [0.4, 0.5) is 0 Å². The standard InChI is InChI=1S/C14H23BrN2OS/c1-11(2)17-10-12(15)9-13(17)14(18)16-7-5-4-6-8-19-3/h9-11H,4-8H2,1-3H3,(H,16,18). The van der Waals surface area contributed by atoms with Crippen molar-refractivity contribution in [1.82, 2.24) is 9.88 Å². The average molecular weight is 347 g/mol. The predicted molar refractivity (Wildman–Crippen MR) is 87.1 cm³/mol. The third kappa shape index (κ3) is 5.61. The molecule has 5 heteroatoms. The second kappa shape index (κ2) is 8.69. The molecule has 3 nitrogen and oxygen atoms in total. The lowest BCUT2D eigenvalue weighted by Crippen LogP contribution is -2.27. The van der Waals surface area contributed by atoms with Crippen LogP contribution in [0.3, 0.4) is 0 Å². The number of aromatic nitrogens is 1. The Balaban J connectivity index is 2.41. The summed E-state index contributed by atoms with van der Waals surface area (Å²) in [5.41, 5.74) is 0.728. The SMILES string of the molecule is CSCCCCCNC(=O)c1cc(Br)cn1C(C)C. The molecule has 0 saturated carbocycles. The summed E-state index contributed by atoms with van der Waals surface area (Å²) in [5, 5.41) is 3.00. The van der Waals surface area contributed by atoms with Crippen LogP contribution in [0.15, 0.2) is 16.7 Å². The van der Waals surface area contributed by atoms with Gasteiger partial charge in [-0.25, -0.2) is 0 Å². The first-order valence-electron chi connectivity index (χ1n) is 6.70. The van der Waals surface area contributed by atoms with E-state index in [1.165, 1.54) is 18.6 Å². The molecule has 1 amide bonds. The molecule has 1 rings (SSSR count). The molecule has 1 heterocycles. The monoisotopic (exact) mass is 346 g/mol. The normalized spacial score (nSPS) is 11.0. The van der Waals surface area contributed by atoms with E-state index < -0.39 is 0 Å². The molecule has 1 N–H and O–H groups in total. The minimum absolute atomic E-state index is 0.0178. The van der Waals surface area contributed by atoms with Crippen molar-refractivity contribution in [3.05, 3.63) is 22.4 Å². The van der Waals surface area contributed by atoms with E-state index in [0.29, 0.717) is 0 Å². The summed E-state index contributed by atoms with van der Waals surface area (Å²) >= 11 is 5.30. The molecule has 0 atom stereocenters. The molecule has 0 fully saturated rings. The lowest BCUT2D eigenvalue weighted by atomic mass is 10.2. The smallest absolute Gasteiger partial charge is 0.267 e. The fraction of sp³-hybridized carbons (Fsp3) is 0.643. The molecule has 0 spiro atoms. The Labute approximate surface area is 128 Å². The van der Waals surface area contributed by atoms with E-state index in [9.17, 15) is 4.79 Å². The van der Waals surface area contributed by atoms with Gasteiger partial charge in [0, 0.05) is 23.3 Å². The van der Waals surface area contributed by atoms with Crippen LogP contribution in [0.5, 0.6) is 0 Å². The van der Waals surface area contributed by atoms with Gasteiger partial charge in [0.2, 0.25) is 0 Å². The molecule has 0 radical (unpaired) electrons. The zero-order valence-corrected chi connectivity index (χ0v) is 14.3. The lowest BCUT2D eigenvalue weighted by Gasteiger charge is -2.12. The third-order valence-electron chi connectivity index (χ3n) is 2.91. The van der Waals surface area contributed by atoms with Gasteiger partial charge in [-0.05, 0) is 60.7 Å². The Kier molecular flexibility index (Phi) is 7.61. The van der Waals surface area contributed by atoms with E-state index in [1.807, 2.05) is 28.6 Å². The summed E-state index contributed by atoms with van der Waals surface area (Å²) in [5.74, 6) is 1.22. The van der Waals surface area contributed by atoms with E-state index in [1.54, 1.807) is 0 Å². The van der Waals surface area contributed by atoms with Gasteiger partial charge >= 0.3 is 0 Å². The highest BCUT2D eigenvalue weighted by Gasteiger charge is 2.14. The number of carbonyl (C=O) groups excluding carboxylic acids is 1. The van der Waals surface area contributed by atoms with E-state index in [2.05, 4.69) is 41.3 Å². The van der Waals surface area contributed by atoms with Gasteiger partial charge in [-0.1, -0.05) is 6.42 Å². The van der Waals surface area contributed by atoms with Gasteiger partial charge in [0.15, 0.2) is 0 Å². The number of carbonyl (C=O) groups is 1. The summed E-state index contributed by atoms with van der Waals surface area (Å²) in [6, 6.07) is 2.16. The van der Waals surface area contributed by atoms with Crippen molar-refractivity contribution in [1.29, 1.82) is 0 Å². The van der Waals surface area contributed by atoms with Crippen molar-refractivity contribution in [2.45, 2.75) is 39.2 Å². The molecule has 19 heavy (non-hydrogen) atoms. The topological polar surface area (TPSA) is 34.0 Å². The molecule has 1 aromatic heterocycles. The molecule has 1 aromatic rings. The minimum atomic E-state index is 0.0178. The first-order chi connectivity index (χ1) is 9.06. The summed E-state index contributed by atoms with van der Waals surface area (Å²) in [4.78, 5) is 12.1. The number of unbranched alkanes of at least 4 members (excludes halogenated alkanes) is 2. The summed E-state index contributed by atoms with van der Waals surface area (Å²) in [6.07, 6.45) is 7.54. The highest BCUT2D eigenvalue weighted by molar-refractivity contribution is 9.10. The third-order valence-corrected chi connectivity index (χ3v) is 4.05. The number of amides is 1. The Morgan fingerprint density at radius 1 is 1.42 bits per heavy atom. The molecule has 0 saturated heterocycles. The van der Waals surface area contributed by atoms with E-state index in [4.69, 9.17) is 0 Å². The molecule has 0 bridgehead atoms. The Bertz CT molecular complexity index is 404. The van der Waals surface area contributed by atoms with Crippen LogP contribution in [-0.4, -0.2) is 29.0 Å². The van der Waals surface area contributed by atoms with Gasteiger partial charge in [-0.3, -0.25) is 4.79 Å². The van der Waals surface area contributed by atoms with E-state index in [0.717, 1.165) is 23.1 Å². The molecule has 0 aliphatic carbocycles. The van der Waals surface area contributed by atoms with Gasteiger partial charge < -0.3 is 9.88 Å². The Morgan fingerprint density at radius 2 is 2.16 bits per heavy atom. The van der Waals surface area contributed by atoms with Gasteiger partial charge in [-0.2, -0.15) is 11.8 Å². The maximum Gasteiger partial charge on any atom is 0.267 e. The highest BCUT2D eigenvalue weighted by atomic mass is 79.9. The molecule has 0 aliphatic rings. The van der Waals surface area contributed by atoms with Crippen LogP contribution >= 0.6 is 27.7 Å². The summed E-state index contributed by atoms with van der Waals surface area (Å²) in [6.45, 7) is 4.91. The Hall–Kier alpha value is -0.420. The predicted octanol–water partition coefficient (Wildman–Crippen LogP) is 4.09. The molecule has 108 valence electrons. The number of thioether (sulfide) groups is 1. The Morgan fingerprint density at radius 3 is 2.79 bits per heavy atom. The number of nitrogens with one attached hydrogen (secondary N) is 1. The number of hydrogen-bond donors (Lipinski definition) is 1. The number of halogens is 1.